The molecule has 0 aliphatic carbocycles. The van der Waals surface area contributed by atoms with Gasteiger partial charge in [0.1, 0.15) is 0 Å². The Morgan fingerprint density at radius 3 is 2.58 bits per heavy atom. The van der Waals surface area contributed by atoms with Crippen LogP contribution >= 0.6 is 0 Å². The Labute approximate surface area is 117 Å². The second-order valence-electron chi connectivity index (χ2n) is 6.43. The summed E-state index contributed by atoms with van der Waals surface area (Å²) >= 11 is 0. The number of hydrogen-bond donors (Lipinski definition) is 1. The van der Waals surface area contributed by atoms with Crippen molar-refractivity contribution in [2.24, 2.45) is 5.73 Å². The molecule has 2 rings (SSSR count). The summed E-state index contributed by atoms with van der Waals surface area (Å²) in [5.41, 5.74) is 6.32. The van der Waals surface area contributed by atoms with Gasteiger partial charge in [0, 0.05) is 38.9 Å². The molecule has 2 saturated heterocycles. The van der Waals surface area contributed by atoms with Gasteiger partial charge in [0.05, 0.1) is 11.7 Å². The molecule has 0 saturated carbocycles. The molecule has 0 aromatic carbocycles. The van der Waals surface area contributed by atoms with Crippen molar-refractivity contribution >= 4 is 0 Å². The molecule has 0 spiro atoms. The largest absolute Gasteiger partial charge is 0.381 e. The van der Waals surface area contributed by atoms with Crippen LogP contribution in [-0.4, -0.2) is 55.5 Å². The Kier molecular flexibility index (Phi) is 4.88. The summed E-state index contributed by atoms with van der Waals surface area (Å²) in [6, 6.07) is 0. The lowest BCUT2D eigenvalue weighted by Crippen LogP contribution is -2.62. The molecule has 4 heteroatoms. The average molecular weight is 270 g/mol. The number of likely N-dealkylation sites (tertiary alicyclic amines) is 1. The van der Waals surface area contributed by atoms with Gasteiger partial charge in [-0.05, 0) is 39.0 Å². The Morgan fingerprint density at radius 1 is 1.37 bits per heavy atom. The zero-order valence-electron chi connectivity index (χ0n) is 12.8. The molecule has 2 N–H and O–H groups in total. The zero-order chi connectivity index (χ0) is 13.9. The van der Waals surface area contributed by atoms with Gasteiger partial charge in [-0.3, -0.25) is 4.90 Å². The maximum atomic E-state index is 6.18. The Balaban J connectivity index is 2.06. The van der Waals surface area contributed by atoms with Crippen molar-refractivity contribution in [2.45, 2.75) is 63.2 Å². The van der Waals surface area contributed by atoms with E-state index in [-0.39, 0.29) is 11.1 Å². The summed E-state index contributed by atoms with van der Waals surface area (Å²) in [6.07, 6.45) is 5.87. The molecule has 2 heterocycles. The molecule has 0 amide bonds. The molecule has 112 valence electrons. The van der Waals surface area contributed by atoms with Gasteiger partial charge >= 0.3 is 0 Å². The number of nitrogens with two attached hydrogens (primary N) is 1. The summed E-state index contributed by atoms with van der Waals surface area (Å²) in [5.74, 6) is 0. The van der Waals surface area contributed by atoms with Crippen LogP contribution in [0.5, 0.6) is 0 Å². The average Bonchev–Trinajstić information content (AvgIpc) is 2.47. The van der Waals surface area contributed by atoms with Crippen LogP contribution in [0.25, 0.3) is 0 Å². The summed E-state index contributed by atoms with van der Waals surface area (Å²) in [5, 5.41) is 0. The van der Waals surface area contributed by atoms with Crippen LogP contribution in [0.1, 0.15) is 46.0 Å². The third-order valence-electron chi connectivity index (χ3n) is 5.29. The lowest BCUT2D eigenvalue weighted by Gasteiger charge is -2.53. The van der Waals surface area contributed by atoms with Gasteiger partial charge in [0.25, 0.3) is 0 Å². The molecule has 2 unspecified atom stereocenters. The minimum Gasteiger partial charge on any atom is -0.381 e. The van der Waals surface area contributed by atoms with Crippen LogP contribution in [0.4, 0.5) is 0 Å². The molecule has 0 radical (unpaired) electrons. The van der Waals surface area contributed by atoms with Crippen molar-refractivity contribution in [2.75, 3.05) is 33.4 Å². The van der Waals surface area contributed by atoms with E-state index >= 15 is 0 Å². The molecule has 2 aliphatic rings. The first kappa shape index (κ1) is 15.2. The van der Waals surface area contributed by atoms with Gasteiger partial charge < -0.3 is 15.2 Å². The molecule has 2 fully saturated rings. The third kappa shape index (κ3) is 3.13. The lowest BCUT2D eigenvalue weighted by atomic mass is 9.77. The molecule has 19 heavy (non-hydrogen) atoms. The number of nitrogens with zero attached hydrogens (tertiary/aromatic N) is 1. The monoisotopic (exact) mass is 270 g/mol. The van der Waals surface area contributed by atoms with Crippen molar-refractivity contribution in [3.05, 3.63) is 0 Å². The van der Waals surface area contributed by atoms with Gasteiger partial charge in [-0.25, -0.2) is 0 Å². The van der Waals surface area contributed by atoms with Gasteiger partial charge in [-0.2, -0.15) is 0 Å². The van der Waals surface area contributed by atoms with Crippen LogP contribution < -0.4 is 5.73 Å². The minimum atomic E-state index is -0.00424. The van der Waals surface area contributed by atoms with Gasteiger partial charge in [-0.1, -0.05) is 6.92 Å². The summed E-state index contributed by atoms with van der Waals surface area (Å²) in [6.45, 7) is 8.24. The van der Waals surface area contributed by atoms with Gasteiger partial charge in [-0.15, -0.1) is 0 Å². The van der Waals surface area contributed by atoms with Crippen LogP contribution in [0.15, 0.2) is 0 Å². The van der Waals surface area contributed by atoms with Crippen molar-refractivity contribution < 1.29 is 9.47 Å². The molecule has 4 nitrogen and oxygen atoms in total. The first-order chi connectivity index (χ1) is 9.07. The molecule has 0 aromatic rings. The predicted molar refractivity (Wildman–Crippen MR) is 77.3 cm³/mol. The molecular formula is C15H30N2O2. The van der Waals surface area contributed by atoms with E-state index in [4.69, 9.17) is 15.2 Å². The van der Waals surface area contributed by atoms with Crippen LogP contribution in [0.3, 0.4) is 0 Å². The van der Waals surface area contributed by atoms with Crippen LogP contribution in [0.2, 0.25) is 0 Å². The second-order valence-corrected chi connectivity index (χ2v) is 6.43. The highest BCUT2D eigenvalue weighted by Gasteiger charge is 2.45. The molecule has 2 atom stereocenters. The molecule has 0 aromatic heterocycles. The number of methoxy groups -OCH3 is 1. The highest BCUT2D eigenvalue weighted by atomic mass is 16.5. The number of piperidine rings is 1. The van der Waals surface area contributed by atoms with Gasteiger partial charge in [0.2, 0.25) is 0 Å². The molecule has 0 bridgehead atoms. The first-order valence-corrected chi connectivity index (χ1v) is 7.69. The summed E-state index contributed by atoms with van der Waals surface area (Å²) < 4.78 is 11.5. The predicted octanol–water partition coefficient (Wildman–Crippen LogP) is 1.77. The van der Waals surface area contributed by atoms with E-state index < -0.39 is 0 Å². The van der Waals surface area contributed by atoms with Crippen molar-refractivity contribution in [3.63, 3.8) is 0 Å². The van der Waals surface area contributed by atoms with Crippen LogP contribution in [-0.2, 0) is 9.47 Å². The first-order valence-electron chi connectivity index (χ1n) is 7.69. The van der Waals surface area contributed by atoms with E-state index in [9.17, 15) is 0 Å². The SMILES string of the molecule is CCC1(C)CC(CN)(N2CCC(OC)CC2)CCO1. The molecule has 2 aliphatic heterocycles. The third-order valence-corrected chi connectivity index (χ3v) is 5.29. The molecular weight excluding hydrogens is 240 g/mol. The number of rotatable bonds is 4. The standard InChI is InChI=1S/C15H30N2O2/c1-4-14(2)11-15(12-16,7-10-19-14)17-8-5-13(18-3)6-9-17/h13H,4-12,16H2,1-3H3. The minimum absolute atomic E-state index is 0.00424. The topological polar surface area (TPSA) is 47.7 Å². The van der Waals surface area contributed by atoms with E-state index in [0.29, 0.717) is 6.10 Å². The lowest BCUT2D eigenvalue weighted by molar-refractivity contribution is -0.136. The van der Waals surface area contributed by atoms with Crippen LogP contribution in [0, 0.1) is 0 Å². The Morgan fingerprint density at radius 2 is 2.05 bits per heavy atom. The van der Waals surface area contributed by atoms with E-state index in [1.807, 2.05) is 7.11 Å². The summed E-state index contributed by atoms with van der Waals surface area (Å²) in [7, 11) is 1.82. The second kappa shape index (κ2) is 6.08. The van der Waals surface area contributed by atoms with Gasteiger partial charge in [0.15, 0.2) is 0 Å². The highest BCUT2D eigenvalue weighted by Crippen LogP contribution is 2.39. The van der Waals surface area contributed by atoms with E-state index in [0.717, 1.165) is 58.3 Å². The van der Waals surface area contributed by atoms with Crippen molar-refractivity contribution in [1.29, 1.82) is 0 Å². The number of hydrogen-bond acceptors (Lipinski definition) is 4. The van der Waals surface area contributed by atoms with Crippen molar-refractivity contribution in [3.8, 4) is 0 Å². The summed E-state index contributed by atoms with van der Waals surface area (Å²) in [4.78, 5) is 2.61. The fourth-order valence-corrected chi connectivity index (χ4v) is 3.69. The smallest absolute Gasteiger partial charge is 0.0670 e. The fourth-order valence-electron chi connectivity index (χ4n) is 3.69. The van der Waals surface area contributed by atoms with E-state index in [1.54, 1.807) is 0 Å². The highest BCUT2D eigenvalue weighted by molar-refractivity contribution is 5.01. The Hall–Kier alpha value is -0.160. The number of ether oxygens (including phenoxy) is 2. The quantitative estimate of drug-likeness (QED) is 0.846. The van der Waals surface area contributed by atoms with E-state index in [2.05, 4.69) is 18.7 Å². The van der Waals surface area contributed by atoms with E-state index in [1.165, 1.54) is 0 Å². The fraction of sp³-hybridized carbons (Fsp3) is 1.00. The van der Waals surface area contributed by atoms with Crippen molar-refractivity contribution in [1.82, 2.24) is 4.90 Å². The Bertz CT molecular complexity index is 292. The zero-order valence-corrected chi connectivity index (χ0v) is 12.8. The maximum absolute atomic E-state index is 6.18. The normalized spacial score (nSPS) is 38.5. The maximum Gasteiger partial charge on any atom is 0.0670 e.